The number of ether oxygens (including phenoxy) is 1. The van der Waals surface area contributed by atoms with Gasteiger partial charge in [-0.1, -0.05) is 30.3 Å². The van der Waals surface area contributed by atoms with E-state index in [-0.39, 0.29) is 42.5 Å². The van der Waals surface area contributed by atoms with Gasteiger partial charge in [0.15, 0.2) is 0 Å². The molecule has 3 amide bonds. The maximum Gasteiger partial charge on any atom is 0.246 e. The van der Waals surface area contributed by atoms with Crippen molar-refractivity contribution in [2.75, 3.05) is 26.8 Å². The number of fused-ring (bicyclic) bond motifs is 1. The molecule has 3 atom stereocenters. The minimum Gasteiger partial charge on any atom is -0.375 e. The van der Waals surface area contributed by atoms with Crippen LogP contribution in [0.2, 0.25) is 0 Å². The van der Waals surface area contributed by atoms with Crippen molar-refractivity contribution in [1.29, 1.82) is 0 Å². The number of nitrogens with one attached hydrogen (secondary N) is 3. The highest BCUT2D eigenvalue weighted by Gasteiger charge is 2.43. The Morgan fingerprint density at radius 1 is 1.25 bits per heavy atom. The van der Waals surface area contributed by atoms with E-state index in [4.69, 9.17) is 4.74 Å². The second-order valence-corrected chi connectivity index (χ2v) is 7.35. The van der Waals surface area contributed by atoms with Gasteiger partial charge in [-0.3, -0.25) is 19.3 Å². The highest BCUT2D eigenvalue weighted by Crippen LogP contribution is 2.25. The maximum atomic E-state index is 12.2. The number of piperazine rings is 1. The number of benzene rings is 1. The number of carbonyl (C=O) groups is 3. The van der Waals surface area contributed by atoms with Gasteiger partial charge in [0.1, 0.15) is 6.61 Å². The third-order valence-corrected chi connectivity index (χ3v) is 5.30. The van der Waals surface area contributed by atoms with E-state index < -0.39 is 0 Å². The molecule has 0 unspecified atom stereocenters. The van der Waals surface area contributed by atoms with Gasteiger partial charge in [-0.05, 0) is 18.4 Å². The van der Waals surface area contributed by atoms with E-state index in [0.29, 0.717) is 38.9 Å². The molecule has 1 aromatic carbocycles. The predicted octanol–water partition coefficient (Wildman–Crippen LogP) is -0.213. The molecule has 3 N–H and O–H groups in total. The first kappa shape index (κ1) is 20.3. The van der Waals surface area contributed by atoms with Crippen molar-refractivity contribution in [2.24, 2.45) is 0 Å². The van der Waals surface area contributed by atoms with Crippen LogP contribution in [0.4, 0.5) is 0 Å². The van der Waals surface area contributed by atoms with Gasteiger partial charge in [-0.15, -0.1) is 0 Å². The number of carbonyl (C=O) groups excluding carboxylic acids is 3. The van der Waals surface area contributed by atoms with E-state index in [1.54, 1.807) is 0 Å². The van der Waals surface area contributed by atoms with Crippen molar-refractivity contribution < 1.29 is 19.1 Å². The Labute approximate surface area is 165 Å². The Morgan fingerprint density at radius 3 is 2.79 bits per heavy atom. The Kier molecular flexibility index (Phi) is 7.00. The molecule has 8 nitrogen and oxygen atoms in total. The number of rotatable bonds is 8. The van der Waals surface area contributed by atoms with Gasteiger partial charge < -0.3 is 20.7 Å². The third-order valence-electron chi connectivity index (χ3n) is 5.30. The van der Waals surface area contributed by atoms with Gasteiger partial charge in [0, 0.05) is 45.2 Å². The smallest absolute Gasteiger partial charge is 0.246 e. The van der Waals surface area contributed by atoms with Crippen LogP contribution in [0.3, 0.4) is 0 Å². The fourth-order valence-corrected chi connectivity index (χ4v) is 3.93. The van der Waals surface area contributed by atoms with Crippen molar-refractivity contribution in [2.45, 2.75) is 43.9 Å². The van der Waals surface area contributed by atoms with Crippen LogP contribution < -0.4 is 16.0 Å². The average molecular weight is 388 g/mol. The first-order valence-electron chi connectivity index (χ1n) is 9.69. The molecule has 2 saturated heterocycles. The zero-order valence-electron chi connectivity index (χ0n) is 16.1. The molecule has 0 bridgehead atoms. The molecule has 2 fully saturated rings. The van der Waals surface area contributed by atoms with Crippen LogP contribution >= 0.6 is 0 Å². The predicted molar refractivity (Wildman–Crippen MR) is 103 cm³/mol. The lowest BCUT2D eigenvalue weighted by molar-refractivity contribution is -0.129. The van der Waals surface area contributed by atoms with Gasteiger partial charge in [-0.2, -0.15) is 0 Å². The van der Waals surface area contributed by atoms with Gasteiger partial charge >= 0.3 is 0 Å². The minimum absolute atomic E-state index is 0.00134. The molecule has 2 aliphatic heterocycles. The summed E-state index contributed by atoms with van der Waals surface area (Å²) in [6.07, 6.45) is 1.64. The monoisotopic (exact) mass is 388 g/mol. The fraction of sp³-hybridized carbons (Fsp3) is 0.550. The standard InChI is InChI=1S/C20H28N4O4/c1-28-13-19(26)23-15-9-17-20(27)22-11-16(24(17)12-15)7-8-18(25)21-10-14-5-3-2-4-6-14/h2-6,15-17H,7-13H2,1H3,(H,21,25)(H,22,27)(H,23,26)/t15-,16+,17-/m0/s1. The van der Waals surface area contributed by atoms with E-state index >= 15 is 0 Å². The number of hydrogen-bond donors (Lipinski definition) is 3. The van der Waals surface area contributed by atoms with Gasteiger partial charge in [0.05, 0.1) is 6.04 Å². The molecule has 2 heterocycles. The topological polar surface area (TPSA) is 99.8 Å². The molecular weight excluding hydrogens is 360 g/mol. The zero-order chi connectivity index (χ0) is 19.9. The van der Waals surface area contributed by atoms with Crippen LogP contribution in [0.1, 0.15) is 24.8 Å². The quantitative estimate of drug-likeness (QED) is 0.572. The molecule has 2 aliphatic rings. The summed E-state index contributed by atoms with van der Waals surface area (Å²) < 4.78 is 4.85. The van der Waals surface area contributed by atoms with Crippen LogP contribution in [0, 0.1) is 0 Å². The van der Waals surface area contributed by atoms with Crippen molar-refractivity contribution >= 4 is 17.7 Å². The van der Waals surface area contributed by atoms with E-state index in [2.05, 4.69) is 20.9 Å². The first-order chi connectivity index (χ1) is 13.6. The normalized spacial score (nSPS) is 24.3. The Hall–Kier alpha value is -2.45. The Balaban J connectivity index is 1.48. The van der Waals surface area contributed by atoms with E-state index in [1.807, 2.05) is 30.3 Å². The molecule has 8 heteroatoms. The number of hydrogen-bond acceptors (Lipinski definition) is 5. The number of nitrogens with zero attached hydrogens (tertiary/aromatic N) is 1. The molecule has 0 aromatic heterocycles. The lowest BCUT2D eigenvalue weighted by Crippen LogP contribution is -2.58. The van der Waals surface area contributed by atoms with Gasteiger partial charge in [0.25, 0.3) is 0 Å². The molecule has 0 spiro atoms. The summed E-state index contributed by atoms with van der Waals surface area (Å²) in [6, 6.07) is 9.55. The van der Waals surface area contributed by atoms with Crippen molar-refractivity contribution in [1.82, 2.24) is 20.9 Å². The molecule has 152 valence electrons. The van der Waals surface area contributed by atoms with Gasteiger partial charge in [-0.25, -0.2) is 0 Å². The molecule has 28 heavy (non-hydrogen) atoms. The molecule has 0 saturated carbocycles. The first-order valence-corrected chi connectivity index (χ1v) is 9.69. The molecule has 0 aliphatic carbocycles. The highest BCUT2D eigenvalue weighted by atomic mass is 16.5. The molecular formula is C20H28N4O4. The molecule has 3 rings (SSSR count). The number of amides is 3. The van der Waals surface area contributed by atoms with Crippen LogP contribution in [-0.2, 0) is 25.7 Å². The van der Waals surface area contributed by atoms with Crippen LogP contribution in [0.15, 0.2) is 30.3 Å². The summed E-state index contributed by atoms with van der Waals surface area (Å²) in [7, 11) is 1.48. The second-order valence-electron chi connectivity index (χ2n) is 7.35. The van der Waals surface area contributed by atoms with E-state index in [0.717, 1.165) is 5.56 Å². The molecule has 1 aromatic rings. The van der Waals surface area contributed by atoms with Crippen molar-refractivity contribution in [3.05, 3.63) is 35.9 Å². The summed E-state index contributed by atoms with van der Waals surface area (Å²) in [6.45, 7) is 1.67. The van der Waals surface area contributed by atoms with Crippen LogP contribution in [-0.4, -0.2) is 67.6 Å². The highest BCUT2D eigenvalue weighted by molar-refractivity contribution is 5.84. The lowest BCUT2D eigenvalue weighted by Gasteiger charge is -2.37. The summed E-state index contributed by atoms with van der Waals surface area (Å²) >= 11 is 0. The van der Waals surface area contributed by atoms with Crippen LogP contribution in [0.5, 0.6) is 0 Å². The third kappa shape index (κ3) is 5.30. The largest absolute Gasteiger partial charge is 0.375 e. The van der Waals surface area contributed by atoms with Crippen molar-refractivity contribution in [3.63, 3.8) is 0 Å². The fourth-order valence-electron chi connectivity index (χ4n) is 3.93. The van der Waals surface area contributed by atoms with Crippen LogP contribution in [0.25, 0.3) is 0 Å². The van der Waals surface area contributed by atoms with E-state index in [1.165, 1.54) is 7.11 Å². The average Bonchev–Trinajstić information content (AvgIpc) is 3.11. The van der Waals surface area contributed by atoms with Crippen molar-refractivity contribution in [3.8, 4) is 0 Å². The Morgan fingerprint density at radius 2 is 2.04 bits per heavy atom. The minimum atomic E-state index is -0.251. The second kappa shape index (κ2) is 9.66. The van der Waals surface area contributed by atoms with E-state index in [9.17, 15) is 14.4 Å². The summed E-state index contributed by atoms with van der Waals surface area (Å²) in [5, 5.41) is 8.79. The summed E-state index contributed by atoms with van der Waals surface area (Å²) in [4.78, 5) is 38.3. The lowest BCUT2D eigenvalue weighted by atomic mass is 10.0. The summed E-state index contributed by atoms with van der Waals surface area (Å²) in [5.41, 5.74) is 1.06. The number of methoxy groups -OCH3 is 1. The summed E-state index contributed by atoms with van der Waals surface area (Å²) in [5.74, 6) is -0.181. The van der Waals surface area contributed by atoms with Gasteiger partial charge in [0.2, 0.25) is 17.7 Å². The maximum absolute atomic E-state index is 12.2. The zero-order valence-corrected chi connectivity index (χ0v) is 16.1. The molecule has 0 radical (unpaired) electrons. The SMILES string of the molecule is COCC(=O)N[C@H]1C[C@H]2C(=O)NC[C@@H](CCC(=O)NCc3ccccc3)N2C1. The Bertz CT molecular complexity index is 697.